The quantitative estimate of drug-likeness (QED) is 0.332. The number of hydrogen-bond acceptors (Lipinski definition) is 9. The van der Waals surface area contributed by atoms with Crippen LogP contribution >= 0.6 is 11.6 Å². The number of anilines is 2. The van der Waals surface area contributed by atoms with E-state index in [1.165, 1.54) is 7.11 Å². The number of nitrogens with two attached hydrogens (primary N) is 1. The fourth-order valence-corrected chi connectivity index (χ4v) is 7.02. The topological polar surface area (TPSA) is 115 Å². The Balaban J connectivity index is 1.18. The second-order valence-electron chi connectivity index (χ2n) is 12.1. The number of rotatable bonds is 4. The molecule has 0 aliphatic carbocycles. The molecule has 2 fully saturated rings. The van der Waals surface area contributed by atoms with E-state index in [2.05, 4.69) is 27.0 Å². The number of likely N-dealkylation sites (N-methyl/N-ethyl adjacent to an activating group) is 1. The second-order valence-corrected chi connectivity index (χ2v) is 12.4. The highest BCUT2D eigenvalue weighted by Gasteiger charge is 2.53. The Morgan fingerprint density at radius 3 is 2.64 bits per heavy atom. The first-order valence-electron chi connectivity index (χ1n) is 14.6. The first-order valence-corrected chi connectivity index (χ1v) is 15.0. The SMILES string of the molecule is COc1nc2c(c(N3CCCn4nc(C(=O)N5CC6(CCN6C)C5)c(Cl)c4C3)n1)COC(c1c(C(F)(F)F)ccc(N)c1F)C2. The summed E-state index contributed by atoms with van der Waals surface area (Å²) in [5.74, 6) is -0.922. The summed E-state index contributed by atoms with van der Waals surface area (Å²) in [5.41, 5.74) is 5.26. The van der Waals surface area contributed by atoms with Crippen LogP contribution in [0.1, 0.15) is 57.5 Å². The van der Waals surface area contributed by atoms with Crippen molar-refractivity contribution in [3.63, 3.8) is 0 Å². The van der Waals surface area contributed by atoms with Gasteiger partial charge in [0.05, 0.1) is 59.6 Å². The lowest BCUT2D eigenvalue weighted by atomic mass is 9.78. The molecule has 240 valence electrons. The van der Waals surface area contributed by atoms with Gasteiger partial charge in [0.25, 0.3) is 5.91 Å². The van der Waals surface area contributed by atoms with Gasteiger partial charge >= 0.3 is 12.2 Å². The summed E-state index contributed by atoms with van der Waals surface area (Å²) in [7, 11) is 3.45. The molecule has 2 saturated heterocycles. The maximum absolute atomic E-state index is 15.1. The zero-order valence-corrected chi connectivity index (χ0v) is 25.4. The number of hydrogen-bond donors (Lipinski definition) is 1. The second kappa shape index (κ2) is 10.7. The number of methoxy groups -OCH3 is 1. The standard InChI is InChI=1S/C29H31ClF4N8O3/c1-39-9-6-28(39)13-41(14-28)26(43)24-22(30)19-11-40(7-3-8-42(19)38-24)25-15-12-45-20(10-18(15)36-27(37-25)44-2)21-16(29(32,33)34)4-5-17(35)23(21)31/h4-5,20H,3,6-14,35H2,1-2H3. The van der Waals surface area contributed by atoms with Gasteiger partial charge in [-0.25, -0.2) is 4.39 Å². The summed E-state index contributed by atoms with van der Waals surface area (Å²) in [6.07, 6.45) is -4.57. The highest BCUT2D eigenvalue weighted by atomic mass is 35.5. The van der Waals surface area contributed by atoms with Crippen molar-refractivity contribution in [1.29, 1.82) is 0 Å². The predicted octanol–water partition coefficient (Wildman–Crippen LogP) is 3.83. The Kier molecular flexibility index (Phi) is 7.13. The van der Waals surface area contributed by atoms with E-state index in [4.69, 9.17) is 26.8 Å². The maximum atomic E-state index is 15.1. The third-order valence-corrected chi connectivity index (χ3v) is 9.89. The van der Waals surface area contributed by atoms with Crippen molar-refractivity contribution in [2.75, 3.05) is 51.0 Å². The molecule has 1 unspecified atom stereocenters. The van der Waals surface area contributed by atoms with Gasteiger partial charge in [0.2, 0.25) is 0 Å². The molecule has 2 aromatic heterocycles. The van der Waals surface area contributed by atoms with Crippen LogP contribution in [-0.2, 0) is 37.0 Å². The molecule has 11 nitrogen and oxygen atoms in total. The molecule has 0 saturated carbocycles. The summed E-state index contributed by atoms with van der Waals surface area (Å²) in [4.78, 5) is 28.3. The monoisotopic (exact) mass is 650 g/mol. The Bertz CT molecular complexity index is 1690. The van der Waals surface area contributed by atoms with E-state index in [0.29, 0.717) is 55.4 Å². The minimum absolute atomic E-state index is 0.000820. The van der Waals surface area contributed by atoms with Crippen molar-refractivity contribution in [2.24, 2.45) is 0 Å². The molecule has 6 heterocycles. The molecule has 3 aromatic rings. The van der Waals surface area contributed by atoms with E-state index >= 15 is 4.39 Å². The van der Waals surface area contributed by atoms with Gasteiger partial charge in [-0.1, -0.05) is 11.6 Å². The van der Waals surface area contributed by atoms with Crippen LogP contribution in [0.2, 0.25) is 5.02 Å². The maximum Gasteiger partial charge on any atom is 0.416 e. The van der Waals surface area contributed by atoms with Crippen molar-refractivity contribution in [2.45, 2.75) is 56.8 Å². The number of likely N-dealkylation sites (tertiary alicyclic amines) is 2. The molecule has 0 bridgehead atoms. The molecule has 1 atom stereocenters. The van der Waals surface area contributed by atoms with Gasteiger partial charge < -0.3 is 25.0 Å². The third kappa shape index (κ3) is 4.86. The normalized spacial score (nSPS) is 21.1. The first kappa shape index (κ1) is 30.0. The third-order valence-electron chi connectivity index (χ3n) is 9.49. The molecule has 7 rings (SSSR count). The molecule has 1 aromatic carbocycles. The molecule has 4 aliphatic rings. The highest BCUT2D eigenvalue weighted by Crippen LogP contribution is 2.44. The van der Waals surface area contributed by atoms with Crippen LogP contribution in [0.4, 0.5) is 29.1 Å². The summed E-state index contributed by atoms with van der Waals surface area (Å²) in [6, 6.07) is 1.65. The number of halogens is 5. The number of aromatic nitrogens is 4. The lowest BCUT2D eigenvalue weighted by Gasteiger charge is -2.61. The molecule has 1 spiro atoms. The number of alkyl halides is 3. The van der Waals surface area contributed by atoms with Gasteiger partial charge in [-0.3, -0.25) is 14.4 Å². The van der Waals surface area contributed by atoms with E-state index in [1.807, 2.05) is 4.90 Å². The van der Waals surface area contributed by atoms with Crippen LogP contribution in [0.5, 0.6) is 6.01 Å². The number of nitrogen functional groups attached to an aromatic ring is 1. The molecule has 0 radical (unpaired) electrons. The zero-order valence-electron chi connectivity index (χ0n) is 24.6. The summed E-state index contributed by atoms with van der Waals surface area (Å²) in [6.45, 7) is 3.43. The fraction of sp³-hybridized carbons (Fsp3) is 0.517. The van der Waals surface area contributed by atoms with Crippen molar-refractivity contribution < 1.29 is 31.8 Å². The molecule has 2 N–H and O–H groups in total. The van der Waals surface area contributed by atoms with Crippen LogP contribution in [0.15, 0.2) is 12.1 Å². The Morgan fingerprint density at radius 1 is 1.20 bits per heavy atom. The van der Waals surface area contributed by atoms with E-state index in [1.54, 1.807) is 9.58 Å². The number of aryl methyl sites for hydroxylation is 1. The largest absolute Gasteiger partial charge is 0.467 e. The van der Waals surface area contributed by atoms with Crippen molar-refractivity contribution in [3.05, 3.63) is 56.7 Å². The number of ether oxygens (including phenoxy) is 2. The van der Waals surface area contributed by atoms with Crippen LogP contribution in [-0.4, -0.2) is 81.3 Å². The van der Waals surface area contributed by atoms with Gasteiger partial charge in [0, 0.05) is 50.3 Å². The summed E-state index contributed by atoms with van der Waals surface area (Å²) in [5, 5.41) is 4.87. The molecule has 4 aliphatic heterocycles. The molecular weight excluding hydrogens is 620 g/mol. The number of fused-ring (bicyclic) bond motifs is 2. The average Bonchev–Trinajstić information content (AvgIpc) is 3.14. The van der Waals surface area contributed by atoms with E-state index < -0.39 is 34.9 Å². The van der Waals surface area contributed by atoms with Gasteiger partial charge in [0.15, 0.2) is 11.5 Å². The van der Waals surface area contributed by atoms with Crippen LogP contribution in [0.3, 0.4) is 0 Å². The number of nitrogens with zero attached hydrogens (tertiary/aromatic N) is 7. The lowest BCUT2D eigenvalue weighted by Crippen LogP contribution is -2.76. The van der Waals surface area contributed by atoms with E-state index in [0.717, 1.165) is 25.1 Å². The number of benzene rings is 1. The Labute approximate surface area is 260 Å². The van der Waals surface area contributed by atoms with Gasteiger partial charge in [-0.2, -0.15) is 28.2 Å². The van der Waals surface area contributed by atoms with Crippen LogP contribution < -0.4 is 15.4 Å². The molecule has 16 heteroatoms. The number of carbonyl (C=O) groups excluding carboxylic acids is 1. The minimum Gasteiger partial charge on any atom is -0.467 e. The summed E-state index contributed by atoms with van der Waals surface area (Å²) < 4.78 is 69.6. The van der Waals surface area contributed by atoms with Crippen LogP contribution in [0.25, 0.3) is 0 Å². The van der Waals surface area contributed by atoms with Gasteiger partial charge in [-0.15, -0.1) is 0 Å². The zero-order chi connectivity index (χ0) is 31.8. The van der Waals surface area contributed by atoms with E-state index in [-0.39, 0.29) is 47.7 Å². The van der Waals surface area contributed by atoms with E-state index in [9.17, 15) is 18.0 Å². The average molecular weight is 651 g/mol. The molecule has 45 heavy (non-hydrogen) atoms. The van der Waals surface area contributed by atoms with Gasteiger partial charge in [-0.05, 0) is 32.0 Å². The van der Waals surface area contributed by atoms with Crippen molar-refractivity contribution in [3.8, 4) is 6.01 Å². The molecular formula is C29H31ClF4N8O3. The minimum atomic E-state index is -4.82. The van der Waals surface area contributed by atoms with Crippen LogP contribution in [0, 0.1) is 5.82 Å². The smallest absolute Gasteiger partial charge is 0.416 e. The summed E-state index contributed by atoms with van der Waals surface area (Å²) >= 11 is 6.82. The Hall–Kier alpha value is -3.69. The number of carbonyl (C=O) groups is 1. The predicted molar refractivity (Wildman–Crippen MR) is 154 cm³/mol. The highest BCUT2D eigenvalue weighted by molar-refractivity contribution is 6.34. The molecule has 1 amide bonds. The Morgan fingerprint density at radius 2 is 1.98 bits per heavy atom. The fourth-order valence-electron chi connectivity index (χ4n) is 6.75. The lowest BCUT2D eigenvalue weighted by molar-refractivity contribution is -0.140. The van der Waals surface area contributed by atoms with Crippen molar-refractivity contribution in [1.82, 2.24) is 29.5 Å². The number of amides is 1. The van der Waals surface area contributed by atoms with Crippen molar-refractivity contribution >= 4 is 29.0 Å². The van der Waals surface area contributed by atoms with Gasteiger partial charge in [0.1, 0.15) is 5.82 Å². The first-order chi connectivity index (χ1) is 21.4.